The molecule has 0 aromatic heterocycles. The average molecular weight is 262 g/mol. The molecule has 1 rings (SSSR count). The minimum Gasteiger partial charge on any atom is -0.477 e. The Morgan fingerprint density at radius 3 is 2.37 bits per heavy atom. The Morgan fingerprint density at radius 1 is 1.37 bits per heavy atom. The van der Waals surface area contributed by atoms with Crippen LogP contribution < -0.4 is 4.90 Å². The summed E-state index contributed by atoms with van der Waals surface area (Å²) in [4.78, 5) is 23.1. The molecule has 0 amide bonds. The number of para-hydroxylation sites is 1. The average Bonchev–Trinajstić information content (AvgIpc) is 2.37. The summed E-state index contributed by atoms with van der Waals surface area (Å²) >= 11 is 0. The summed E-state index contributed by atoms with van der Waals surface area (Å²) in [6.45, 7) is 7.87. The van der Waals surface area contributed by atoms with Crippen molar-refractivity contribution in [2.45, 2.75) is 0 Å². The van der Waals surface area contributed by atoms with Crippen LogP contribution in [0.3, 0.4) is 0 Å². The SMILES string of the molecule is C=CCN(CC=C)c1cccc(C(=O)O)c1[N+](=O)[O-]. The molecule has 0 bridgehead atoms. The standard InChI is InChI=1S/C13H14N2O4/c1-3-8-14(9-4-2)11-7-5-6-10(13(16)17)12(11)15(18)19/h3-7H,1-2,8-9H2,(H,16,17). The normalized spacial score (nSPS) is 9.68. The summed E-state index contributed by atoms with van der Waals surface area (Å²) in [6, 6.07) is 4.20. The lowest BCUT2D eigenvalue weighted by Gasteiger charge is -2.21. The summed E-state index contributed by atoms with van der Waals surface area (Å²) in [5.74, 6) is -1.33. The van der Waals surface area contributed by atoms with Crippen molar-refractivity contribution in [2.75, 3.05) is 18.0 Å². The van der Waals surface area contributed by atoms with Crippen LogP contribution in [0.1, 0.15) is 10.4 Å². The Kier molecular flexibility index (Phi) is 4.82. The van der Waals surface area contributed by atoms with Gasteiger partial charge >= 0.3 is 11.7 Å². The van der Waals surface area contributed by atoms with E-state index in [-0.39, 0.29) is 11.3 Å². The first kappa shape index (κ1) is 14.4. The quantitative estimate of drug-likeness (QED) is 0.463. The predicted octanol–water partition coefficient (Wildman–Crippen LogP) is 2.47. The van der Waals surface area contributed by atoms with Crippen molar-refractivity contribution in [1.82, 2.24) is 0 Å². The van der Waals surface area contributed by atoms with E-state index in [1.165, 1.54) is 18.2 Å². The van der Waals surface area contributed by atoms with E-state index in [2.05, 4.69) is 13.2 Å². The summed E-state index contributed by atoms with van der Waals surface area (Å²) in [5, 5.41) is 20.1. The van der Waals surface area contributed by atoms with E-state index in [0.717, 1.165) is 0 Å². The van der Waals surface area contributed by atoms with E-state index in [0.29, 0.717) is 13.1 Å². The fraction of sp³-hybridized carbons (Fsp3) is 0.154. The van der Waals surface area contributed by atoms with Gasteiger partial charge in [0.25, 0.3) is 0 Å². The van der Waals surface area contributed by atoms with E-state index < -0.39 is 16.6 Å². The zero-order valence-corrected chi connectivity index (χ0v) is 10.3. The van der Waals surface area contributed by atoms with Gasteiger partial charge in [-0.3, -0.25) is 10.1 Å². The van der Waals surface area contributed by atoms with Crippen molar-refractivity contribution in [2.24, 2.45) is 0 Å². The third-order valence-corrected chi connectivity index (χ3v) is 2.47. The second-order valence-electron chi connectivity index (χ2n) is 3.72. The second-order valence-corrected chi connectivity index (χ2v) is 3.72. The van der Waals surface area contributed by atoms with Gasteiger partial charge in [0.05, 0.1) is 4.92 Å². The van der Waals surface area contributed by atoms with Gasteiger partial charge in [-0.25, -0.2) is 4.79 Å². The van der Waals surface area contributed by atoms with E-state index >= 15 is 0 Å². The highest BCUT2D eigenvalue weighted by Gasteiger charge is 2.26. The number of carboxylic acids is 1. The molecule has 0 aliphatic heterocycles. The molecule has 6 heteroatoms. The van der Waals surface area contributed by atoms with Gasteiger partial charge in [0.2, 0.25) is 0 Å². The Hall–Kier alpha value is -2.63. The van der Waals surface area contributed by atoms with Gasteiger partial charge in [-0.15, -0.1) is 13.2 Å². The monoisotopic (exact) mass is 262 g/mol. The number of nitro groups is 1. The molecule has 0 atom stereocenters. The van der Waals surface area contributed by atoms with Crippen LogP contribution in [0, 0.1) is 10.1 Å². The predicted molar refractivity (Wildman–Crippen MR) is 72.7 cm³/mol. The number of carboxylic acid groups (broad SMARTS) is 1. The fourth-order valence-corrected chi connectivity index (χ4v) is 1.73. The summed E-state index contributed by atoms with van der Waals surface area (Å²) in [5.41, 5.74) is -0.510. The Bertz CT molecular complexity index is 515. The Labute approximate surface area is 110 Å². The van der Waals surface area contributed by atoms with E-state index in [4.69, 9.17) is 5.11 Å². The highest BCUT2D eigenvalue weighted by Crippen LogP contribution is 2.31. The zero-order chi connectivity index (χ0) is 14.4. The van der Waals surface area contributed by atoms with Crippen LogP contribution in [0.15, 0.2) is 43.5 Å². The van der Waals surface area contributed by atoms with Crippen molar-refractivity contribution in [3.63, 3.8) is 0 Å². The lowest BCUT2D eigenvalue weighted by Crippen LogP contribution is -2.24. The molecule has 1 N–H and O–H groups in total. The summed E-state index contributed by atoms with van der Waals surface area (Å²) in [6.07, 6.45) is 3.17. The van der Waals surface area contributed by atoms with Gasteiger partial charge in [-0.1, -0.05) is 18.2 Å². The van der Waals surface area contributed by atoms with Crippen LogP contribution in [0.2, 0.25) is 0 Å². The van der Waals surface area contributed by atoms with Crippen LogP contribution in [0.4, 0.5) is 11.4 Å². The lowest BCUT2D eigenvalue weighted by atomic mass is 10.1. The zero-order valence-electron chi connectivity index (χ0n) is 10.3. The number of benzene rings is 1. The van der Waals surface area contributed by atoms with Gasteiger partial charge < -0.3 is 10.0 Å². The molecule has 0 saturated carbocycles. The van der Waals surface area contributed by atoms with Gasteiger partial charge in [-0.05, 0) is 12.1 Å². The third-order valence-electron chi connectivity index (χ3n) is 2.47. The van der Waals surface area contributed by atoms with Gasteiger partial charge in [0.15, 0.2) is 0 Å². The number of carbonyl (C=O) groups is 1. The molecule has 0 saturated heterocycles. The number of aromatic carboxylic acids is 1. The van der Waals surface area contributed by atoms with E-state index in [9.17, 15) is 14.9 Å². The molecule has 0 spiro atoms. The van der Waals surface area contributed by atoms with Crippen molar-refractivity contribution >= 4 is 17.3 Å². The number of hydrogen-bond acceptors (Lipinski definition) is 4. The molecule has 100 valence electrons. The van der Waals surface area contributed by atoms with Crippen LogP contribution in [0.25, 0.3) is 0 Å². The topological polar surface area (TPSA) is 83.7 Å². The maximum absolute atomic E-state index is 11.1. The number of nitro benzene ring substituents is 1. The molecule has 19 heavy (non-hydrogen) atoms. The largest absolute Gasteiger partial charge is 0.477 e. The Morgan fingerprint density at radius 2 is 1.95 bits per heavy atom. The van der Waals surface area contributed by atoms with Crippen molar-refractivity contribution in [3.8, 4) is 0 Å². The summed E-state index contributed by atoms with van der Waals surface area (Å²) < 4.78 is 0. The molecule has 6 nitrogen and oxygen atoms in total. The van der Waals surface area contributed by atoms with Crippen molar-refractivity contribution in [1.29, 1.82) is 0 Å². The van der Waals surface area contributed by atoms with Crippen LogP contribution in [-0.4, -0.2) is 29.1 Å². The highest BCUT2D eigenvalue weighted by atomic mass is 16.6. The van der Waals surface area contributed by atoms with Crippen molar-refractivity contribution < 1.29 is 14.8 Å². The van der Waals surface area contributed by atoms with Gasteiger partial charge in [0, 0.05) is 13.1 Å². The molecule has 0 heterocycles. The first-order valence-corrected chi connectivity index (χ1v) is 5.50. The summed E-state index contributed by atoms with van der Waals surface area (Å²) in [7, 11) is 0. The molecule has 0 aliphatic rings. The molecule has 0 fully saturated rings. The number of nitrogens with zero attached hydrogens (tertiary/aromatic N) is 2. The second kappa shape index (κ2) is 6.34. The molecule has 1 aromatic rings. The molecular formula is C13H14N2O4. The molecular weight excluding hydrogens is 248 g/mol. The first-order chi connectivity index (χ1) is 9.02. The fourth-order valence-electron chi connectivity index (χ4n) is 1.73. The van der Waals surface area contributed by atoms with Gasteiger partial charge in [-0.2, -0.15) is 0 Å². The third kappa shape index (κ3) is 3.19. The van der Waals surface area contributed by atoms with E-state index in [1.807, 2.05) is 0 Å². The number of rotatable bonds is 7. The minimum absolute atomic E-state index is 0.240. The van der Waals surface area contributed by atoms with Crippen LogP contribution >= 0.6 is 0 Å². The van der Waals surface area contributed by atoms with Crippen molar-refractivity contribution in [3.05, 3.63) is 59.2 Å². The van der Waals surface area contributed by atoms with Crippen LogP contribution in [-0.2, 0) is 0 Å². The highest BCUT2D eigenvalue weighted by molar-refractivity contribution is 5.95. The molecule has 0 unspecified atom stereocenters. The molecule has 0 aliphatic carbocycles. The maximum Gasteiger partial charge on any atom is 0.342 e. The molecule has 0 radical (unpaired) electrons. The maximum atomic E-state index is 11.1. The molecule has 1 aromatic carbocycles. The number of hydrogen-bond donors (Lipinski definition) is 1. The lowest BCUT2D eigenvalue weighted by molar-refractivity contribution is -0.384. The van der Waals surface area contributed by atoms with E-state index in [1.54, 1.807) is 17.1 Å². The number of anilines is 1. The minimum atomic E-state index is -1.33. The smallest absolute Gasteiger partial charge is 0.342 e. The first-order valence-electron chi connectivity index (χ1n) is 5.50. The van der Waals surface area contributed by atoms with Gasteiger partial charge in [0.1, 0.15) is 11.3 Å². The Balaban J connectivity index is 3.43. The van der Waals surface area contributed by atoms with Crippen LogP contribution in [0.5, 0.6) is 0 Å².